The Labute approximate surface area is 203 Å². The van der Waals surface area contributed by atoms with E-state index >= 15 is 0 Å². The number of aromatic nitrogens is 1. The predicted octanol–water partition coefficient (Wildman–Crippen LogP) is 5.08. The quantitative estimate of drug-likeness (QED) is 0.237. The number of hydrogen-bond donors (Lipinski definition) is 2. The van der Waals surface area contributed by atoms with E-state index in [4.69, 9.17) is 9.84 Å². The molecular weight excluding hydrogens is 455 g/mol. The summed E-state index contributed by atoms with van der Waals surface area (Å²) in [6.07, 6.45) is 3.09. The van der Waals surface area contributed by atoms with Crippen LogP contribution in [0.25, 0.3) is 11.3 Å². The molecule has 1 unspecified atom stereocenters. The third kappa shape index (κ3) is 7.03. The number of carbonyl (C=O) groups is 2. The Hall–Kier alpha value is -2.94. The summed E-state index contributed by atoms with van der Waals surface area (Å²) < 4.78 is 24.2. The van der Waals surface area contributed by atoms with Gasteiger partial charge in [-0.2, -0.15) is 4.37 Å². The molecule has 1 fully saturated rings. The van der Waals surface area contributed by atoms with Gasteiger partial charge in [0.15, 0.2) is 12.1 Å². The van der Waals surface area contributed by atoms with Crippen molar-refractivity contribution in [3.8, 4) is 17.0 Å². The van der Waals surface area contributed by atoms with Gasteiger partial charge in [-0.15, -0.1) is 0 Å². The van der Waals surface area contributed by atoms with E-state index < -0.39 is 5.82 Å². The van der Waals surface area contributed by atoms with E-state index in [1.165, 1.54) is 23.7 Å². The Balaban J connectivity index is 0.000000481. The first kappa shape index (κ1) is 25.7. The van der Waals surface area contributed by atoms with Crippen LogP contribution in [0.2, 0.25) is 0 Å². The lowest BCUT2D eigenvalue weighted by Gasteiger charge is -2.13. The molecule has 1 saturated carbocycles. The fraction of sp³-hybridized carbons (Fsp3) is 0.346. The van der Waals surface area contributed by atoms with Crippen LogP contribution in [0.15, 0.2) is 48.5 Å². The SMILES string of the molecule is CC(Oc1ccc(C(=O)C2CC2)cc1)c1cc(-c2ccc(C=O)c(F)c2)ns1.CNCCCO. The third-order valence-electron chi connectivity index (χ3n) is 5.34. The van der Waals surface area contributed by atoms with E-state index in [-0.39, 0.29) is 23.4 Å². The molecule has 0 bridgehead atoms. The first-order valence-electron chi connectivity index (χ1n) is 11.2. The summed E-state index contributed by atoms with van der Waals surface area (Å²) in [6, 6.07) is 13.5. The number of carbonyl (C=O) groups excluding carboxylic acids is 2. The summed E-state index contributed by atoms with van der Waals surface area (Å²) in [7, 11) is 1.87. The van der Waals surface area contributed by atoms with Crippen molar-refractivity contribution in [2.45, 2.75) is 32.3 Å². The van der Waals surface area contributed by atoms with Gasteiger partial charge in [0.05, 0.1) is 16.1 Å². The maximum absolute atomic E-state index is 13.8. The van der Waals surface area contributed by atoms with Gasteiger partial charge in [-0.05, 0) is 93.8 Å². The van der Waals surface area contributed by atoms with Crippen LogP contribution < -0.4 is 10.1 Å². The van der Waals surface area contributed by atoms with Crippen LogP contribution in [0.3, 0.4) is 0 Å². The molecule has 4 rings (SSSR count). The van der Waals surface area contributed by atoms with Crippen molar-refractivity contribution in [1.29, 1.82) is 0 Å². The number of aliphatic hydroxyl groups excluding tert-OH is 1. The first-order chi connectivity index (χ1) is 16.5. The van der Waals surface area contributed by atoms with Crippen molar-refractivity contribution in [2.75, 3.05) is 20.2 Å². The Morgan fingerprint density at radius 1 is 1.26 bits per heavy atom. The second-order valence-corrected chi connectivity index (χ2v) is 8.91. The van der Waals surface area contributed by atoms with Crippen molar-refractivity contribution in [3.63, 3.8) is 0 Å². The highest BCUT2D eigenvalue weighted by Gasteiger charge is 2.30. The van der Waals surface area contributed by atoms with Gasteiger partial charge >= 0.3 is 0 Å². The summed E-state index contributed by atoms with van der Waals surface area (Å²) in [6.45, 7) is 3.12. The molecule has 1 aliphatic rings. The number of nitrogens with one attached hydrogen (secondary N) is 1. The van der Waals surface area contributed by atoms with Gasteiger partial charge < -0.3 is 15.2 Å². The van der Waals surface area contributed by atoms with Crippen molar-refractivity contribution < 1.29 is 23.8 Å². The fourth-order valence-electron chi connectivity index (χ4n) is 3.20. The molecule has 1 atom stereocenters. The zero-order valence-electron chi connectivity index (χ0n) is 19.3. The molecule has 0 saturated heterocycles. The number of ketones is 1. The van der Waals surface area contributed by atoms with Crippen LogP contribution >= 0.6 is 11.5 Å². The molecule has 6 nitrogen and oxygen atoms in total. The lowest BCUT2D eigenvalue weighted by atomic mass is 10.1. The average Bonchev–Trinajstić information content (AvgIpc) is 3.59. The minimum atomic E-state index is -0.563. The highest BCUT2D eigenvalue weighted by Crippen LogP contribution is 2.34. The predicted molar refractivity (Wildman–Crippen MR) is 131 cm³/mol. The van der Waals surface area contributed by atoms with Crippen molar-refractivity contribution in [3.05, 3.63) is 70.4 Å². The van der Waals surface area contributed by atoms with Crippen molar-refractivity contribution in [1.82, 2.24) is 9.69 Å². The van der Waals surface area contributed by atoms with Gasteiger partial charge in [0.1, 0.15) is 17.7 Å². The third-order valence-corrected chi connectivity index (χ3v) is 6.29. The maximum atomic E-state index is 13.8. The topological polar surface area (TPSA) is 88.5 Å². The Morgan fingerprint density at radius 2 is 2.00 bits per heavy atom. The molecule has 0 amide bonds. The van der Waals surface area contributed by atoms with Gasteiger partial charge in [-0.1, -0.05) is 6.07 Å². The highest BCUT2D eigenvalue weighted by molar-refractivity contribution is 7.06. The molecule has 1 heterocycles. The van der Waals surface area contributed by atoms with Gasteiger partial charge in [0.2, 0.25) is 0 Å². The van der Waals surface area contributed by atoms with E-state index in [0.29, 0.717) is 29.9 Å². The molecule has 0 aliphatic heterocycles. The van der Waals surface area contributed by atoms with Crippen LogP contribution in [0.1, 0.15) is 57.9 Å². The molecule has 8 heteroatoms. The van der Waals surface area contributed by atoms with E-state index in [0.717, 1.165) is 36.2 Å². The summed E-state index contributed by atoms with van der Waals surface area (Å²) in [5, 5.41) is 11.1. The summed E-state index contributed by atoms with van der Waals surface area (Å²) in [4.78, 5) is 23.7. The average molecular weight is 485 g/mol. The zero-order valence-corrected chi connectivity index (χ0v) is 20.1. The number of nitrogens with zero attached hydrogens (tertiary/aromatic N) is 1. The number of Topliss-reactive ketones (excluding diaryl/α,β-unsaturated/α-hetero) is 1. The summed E-state index contributed by atoms with van der Waals surface area (Å²) >= 11 is 1.29. The fourth-order valence-corrected chi connectivity index (χ4v) is 3.92. The van der Waals surface area contributed by atoms with E-state index in [1.54, 1.807) is 18.2 Å². The number of ether oxygens (including phenoxy) is 1. The van der Waals surface area contributed by atoms with Crippen molar-refractivity contribution >= 4 is 23.6 Å². The van der Waals surface area contributed by atoms with Crippen LogP contribution in [0.4, 0.5) is 4.39 Å². The van der Waals surface area contributed by atoms with E-state index in [1.807, 2.05) is 32.2 Å². The maximum Gasteiger partial charge on any atom is 0.165 e. The molecule has 2 aromatic carbocycles. The minimum absolute atomic E-state index is 0.0273. The van der Waals surface area contributed by atoms with Gasteiger partial charge in [0, 0.05) is 23.7 Å². The van der Waals surface area contributed by atoms with Crippen LogP contribution in [0, 0.1) is 11.7 Å². The standard InChI is InChI=1S/C22H18FNO3S.C4H11NO/c1-13(27-18-8-6-15(7-9-18)22(26)14-2-3-14)21-11-20(24-28-21)16-4-5-17(12-25)19(23)10-16;1-5-3-2-4-6/h4-14H,2-3H2,1H3;5-6H,2-4H2,1H3. The lowest BCUT2D eigenvalue weighted by molar-refractivity contribution is 0.0967. The second kappa shape index (κ2) is 12.5. The van der Waals surface area contributed by atoms with Crippen molar-refractivity contribution in [2.24, 2.45) is 5.92 Å². The van der Waals surface area contributed by atoms with E-state index in [9.17, 15) is 14.0 Å². The van der Waals surface area contributed by atoms with Gasteiger partial charge in [0.25, 0.3) is 0 Å². The first-order valence-corrected chi connectivity index (χ1v) is 12.0. The number of aldehydes is 1. The number of benzene rings is 2. The minimum Gasteiger partial charge on any atom is -0.485 e. The molecule has 2 N–H and O–H groups in total. The van der Waals surface area contributed by atoms with E-state index in [2.05, 4.69) is 9.69 Å². The molecule has 180 valence electrons. The highest BCUT2D eigenvalue weighted by atomic mass is 32.1. The number of rotatable bonds is 10. The lowest BCUT2D eigenvalue weighted by Crippen LogP contribution is -2.08. The molecular formula is C26H29FN2O4S. The second-order valence-electron chi connectivity index (χ2n) is 8.07. The van der Waals surface area contributed by atoms with Gasteiger partial charge in [-0.3, -0.25) is 9.59 Å². The molecule has 34 heavy (non-hydrogen) atoms. The summed E-state index contributed by atoms with van der Waals surface area (Å²) in [5.74, 6) is 0.523. The molecule has 0 spiro atoms. The Kier molecular flexibility index (Phi) is 9.44. The summed E-state index contributed by atoms with van der Waals surface area (Å²) in [5.41, 5.74) is 2.00. The largest absolute Gasteiger partial charge is 0.485 e. The molecule has 1 aliphatic carbocycles. The number of hydrogen-bond acceptors (Lipinski definition) is 7. The molecule has 0 radical (unpaired) electrons. The Bertz CT molecular complexity index is 1090. The molecule has 1 aromatic heterocycles. The van der Waals surface area contributed by atoms with Crippen LogP contribution in [0.5, 0.6) is 5.75 Å². The smallest absolute Gasteiger partial charge is 0.165 e. The van der Waals surface area contributed by atoms with Crippen LogP contribution in [-0.2, 0) is 0 Å². The normalized spacial score (nSPS) is 13.5. The zero-order chi connectivity index (χ0) is 24.5. The van der Waals surface area contributed by atoms with Crippen LogP contribution in [-0.4, -0.2) is 41.7 Å². The van der Waals surface area contributed by atoms with Gasteiger partial charge in [-0.25, -0.2) is 4.39 Å². The number of halogens is 1. The molecule has 3 aromatic rings. The monoisotopic (exact) mass is 484 g/mol. The number of aliphatic hydroxyl groups is 1. The Morgan fingerprint density at radius 3 is 2.56 bits per heavy atom.